The smallest absolute Gasteiger partial charge is 0.272 e. The molecule has 2 N–H and O–H groups in total. The van der Waals surface area contributed by atoms with Crippen LogP contribution in [-0.4, -0.2) is 48.4 Å². The largest absolute Gasteiger partial charge is 0.368 e. The van der Waals surface area contributed by atoms with Crippen LogP contribution in [0.4, 0.5) is 5.95 Å². The molecule has 8 nitrogen and oxygen atoms in total. The number of pyridine rings is 1. The van der Waals surface area contributed by atoms with Gasteiger partial charge in [0.15, 0.2) is 0 Å². The molecule has 3 aromatic rings. The van der Waals surface area contributed by atoms with Crippen molar-refractivity contribution in [2.75, 3.05) is 18.8 Å². The monoisotopic (exact) mass is 377 g/mol. The Hall–Kier alpha value is -3.29. The predicted octanol–water partition coefficient (Wildman–Crippen LogP) is 2.03. The Morgan fingerprint density at radius 3 is 2.71 bits per heavy atom. The van der Waals surface area contributed by atoms with Crippen LogP contribution in [0.15, 0.2) is 42.9 Å². The van der Waals surface area contributed by atoms with Crippen molar-refractivity contribution in [1.82, 2.24) is 29.4 Å². The Kier molecular flexibility index (Phi) is 5.01. The first-order valence-electron chi connectivity index (χ1n) is 9.41. The quantitative estimate of drug-likeness (QED) is 0.746. The van der Waals surface area contributed by atoms with Gasteiger partial charge in [-0.25, -0.2) is 15.0 Å². The number of likely N-dealkylation sites (tertiary alicyclic amines) is 1. The number of rotatable bonds is 4. The van der Waals surface area contributed by atoms with Crippen molar-refractivity contribution in [3.8, 4) is 0 Å². The summed E-state index contributed by atoms with van der Waals surface area (Å²) in [5.74, 6) is 1.42. The third-order valence-electron chi connectivity index (χ3n) is 5.04. The molecule has 8 heteroatoms. The summed E-state index contributed by atoms with van der Waals surface area (Å²) in [5, 5.41) is 0. The highest BCUT2D eigenvalue weighted by Gasteiger charge is 2.27. The van der Waals surface area contributed by atoms with Crippen LogP contribution >= 0.6 is 0 Å². The summed E-state index contributed by atoms with van der Waals surface area (Å²) in [5.41, 5.74) is 7.75. The highest BCUT2D eigenvalue weighted by Crippen LogP contribution is 2.28. The van der Waals surface area contributed by atoms with Gasteiger partial charge >= 0.3 is 0 Å². The lowest BCUT2D eigenvalue weighted by Gasteiger charge is -2.31. The first-order chi connectivity index (χ1) is 13.6. The van der Waals surface area contributed by atoms with Gasteiger partial charge in [-0.05, 0) is 38.0 Å². The molecule has 4 heterocycles. The fraction of sp³-hybridized carbons (Fsp3) is 0.350. The number of piperidine rings is 1. The summed E-state index contributed by atoms with van der Waals surface area (Å²) in [6, 6.07) is 7.60. The highest BCUT2D eigenvalue weighted by atomic mass is 16.2. The zero-order valence-corrected chi connectivity index (χ0v) is 15.8. The van der Waals surface area contributed by atoms with Gasteiger partial charge in [0.05, 0.1) is 12.2 Å². The number of aromatic nitrogens is 5. The van der Waals surface area contributed by atoms with Crippen LogP contribution in [0.3, 0.4) is 0 Å². The molecule has 0 atom stereocenters. The maximum absolute atomic E-state index is 12.8. The summed E-state index contributed by atoms with van der Waals surface area (Å²) in [4.78, 5) is 31.7. The third-order valence-corrected chi connectivity index (χ3v) is 5.04. The van der Waals surface area contributed by atoms with Gasteiger partial charge in [0.1, 0.15) is 11.5 Å². The maximum atomic E-state index is 12.8. The van der Waals surface area contributed by atoms with E-state index in [1.165, 1.54) is 0 Å². The number of nitrogens with zero attached hydrogens (tertiary/aromatic N) is 6. The van der Waals surface area contributed by atoms with Gasteiger partial charge in [-0.15, -0.1) is 0 Å². The van der Waals surface area contributed by atoms with Crippen LogP contribution < -0.4 is 5.73 Å². The second kappa shape index (κ2) is 7.75. The molecule has 144 valence electrons. The van der Waals surface area contributed by atoms with Crippen LogP contribution in [-0.2, 0) is 6.54 Å². The molecular weight excluding hydrogens is 354 g/mol. The topological polar surface area (TPSA) is 103 Å². The number of imidazole rings is 1. The van der Waals surface area contributed by atoms with Crippen LogP contribution in [0.25, 0.3) is 0 Å². The lowest BCUT2D eigenvalue weighted by atomic mass is 9.95. The van der Waals surface area contributed by atoms with Crippen molar-refractivity contribution in [2.45, 2.75) is 32.2 Å². The molecular formula is C20H23N7O. The SMILES string of the molecule is Cc1cc(C(=O)N2CCC(c3nccn3Cc3ccccn3)CC2)nc(N)n1. The van der Waals surface area contributed by atoms with E-state index in [0.29, 0.717) is 36.9 Å². The van der Waals surface area contributed by atoms with E-state index in [-0.39, 0.29) is 11.9 Å². The van der Waals surface area contributed by atoms with E-state index < -0.39 is 0 Å². The van der Waals surface area contributed by atoms with Crippen LogP contribution in [0, 0.1) is 6.92 Å². The predicted molar refractivity (Wildman–Crippen MR) is 105 cm³/mol. The normalized spacial score (nSPS) is 15.0. The van der Waals surface area contributed by atoms with Gasteiger partial charge in [-0.1, -0.05) is 6.07 Å². The molecule has 0 saturated carbocycles. The molecule has 1 saturated heterocycles. The minimum Gasteiger partial charge on any atom is -0.368 e. The third kappa shape index (κ3) is 3.85. The summed E-state index contributed by atoms with van der Waals surface area (Å²) < 4.78 is 2.15. The van der Waals surface area contributed by atoms with Gasteiger partial charge in [0.25, 0.3) is 5.91 Å². The number of hydrogen-bond donors (Lipinski definition) is 1. The molecule has 28 heavy (non-hydrogen) atoms. The maximum Gasteiger partial charge on any atom is 0.272 e. The lowest BCUT2D eigenvalue weighted by molar-refractivity contribution is 0.0704. The van der Waals surface area contributed by atoms with Crippen molar-refractivity contribution in [2.24, 2.45) is 0 Å². The number of nitrogens with two attached hydrogens (primary N) is 1. The van der Waals surface area contributed by atoms with E-state index in [1.54, 1.807) is 12.3 Å². The molecule has 0 spiro atoms. The first kappa shape index (κ1) is 18.1. The second-order valence-electron chi connectivity index (χ2n) is 7.05. The lowest BCUT2D eigenvalue weighted by Crippen LogP contribution is -2.39. The Balaban J connectivity index is 1.42. The average molecular weight is 377 g/mol. The molecule has 0 bridgehead atoms. The fourth-order valence-electron chi connectivity index (χ4n) is 3.68. The number of carbonyl (C=O) groups excluding carboxylic acids is 1. The molecule has 3 aromatic heterocycles. The van der Waals surface area contributed by atoms with Crippen molar-refractivity contribution < 1.29 is 4.79 Å². The summed E-state index contributed by atoms with van der Waals surface area (Å²) in [6.45, 7) is 3.85. The van der Waals surface area contributed by atoms with Crippen LogP contribution in [0.2, 0.25) is 0 Å². The van der Waals surface area contributed by atoms with Crippen molar-refractivity contribution in [3.63, 3.8) is 0 Å². The molecule has 1 aliphatic heterocycles. The van der Waals surface area contributed by atoms with Gasteiger partial charge in [-0.3, -0.25) is 9.78 Å². The molecule has 0 radical (unpaired) electrons. The second-order valence-corrected chi connectivity index (χ2v) is 7.05. The number of amides is 1. The fourth-order valence-corrected chi connectivity index (χ4v) is 3.68. The molecule has 0 aliphatic carbocycles. The molecule has 1 aliphatic rings. The average Bonchev–Trinajstić information content (AvgIpc) is 3.15. The molecule has 1 amide bonds. The minimum absolute atomic E-state index is 0.0903. The van der Waals surface area contributed by atoms with E-state index in [1.807, 2.05) is 42.4 Å². The van der Waals surface area contributed by atoms with Crippen molar-refractivity contribution in [1.29, 1.82) is 0 Å². The van der Waals surface area contributed by atoms with Crippen molar-refractivity contribution in [3.05, 3.63) is 65.8 Å². The van der Waals surface area contributed by atoms with E-state index >= 15 is 0 Å². The van der Waals surface area contributed by atoms with E-state index in [9.17, 15) is 4.79 Å². The summed E-state index contributed by atoms with van der Waals surface area (Å²) >= 11 is 0. The molecule has 1 fully saturated rings. The van der Waals surface area contributed by atoms with Gasteiger partial charge in [-0.2, -0.15) is 0 Å². The van der Waals surface area contributed by atoms with Crippen LogP contribution in [0.5, 0.6) is 0 Å². The highest BCUT2D eigenvalue weighted by molar-refractivity contribution is 5.92. The number of aryl methyl sites for hydroxylation is 1. The zero-order valence-electron chi connectivity index (χ0n) is 15.8. The summed E-state index contributed by atoms with van der Waals surface area (Å²) in [6.07, 6.45) is 7.36. The number of anilines is 1. The van der Waals surface area contributed by atoms with E-state index in [4.69, 9.17) is 5.73 Å². The Bertz CT molecular complexity index is 941. The Morgan fingerprint density at radius 2 is 2.00 bits per heavy atom. The number of carbonyl (C=O) groups is 1. The number of nitrogen functional groups attached to an aromatic ring is 1. The minimum atomic E-state index is -0.0903. The van der Waals surface area contributed by atoms with Crippen LogP contribution in [0.1, 0.15) is 46.5 Å². The Labute approximate surface area is 163 Å². The molecule has 4 rings (SSSR count). The molecule has 0 unspecified atom stereocenters. The van der Waals surface area contributed by atoms with Gasteiger partial charge < -0.3 is 15.2 Å². The first-order valence-corrected chi connectivity index (χ1v) is 9.41. The standard InChI is InChI=1S/C20H23N7O/c1-14-12-17(25-20(21)24-14)19(28)26-9-5-15(6-10-26)18-23-8-11-27(18)13-16-4-2-3-7-22-16/h2-4,7-8,11-12,15H,5-6,9-10,13H2,1H3,(H2,21,24,25). The Morgan fingerprint density at radius 1 is 1.18 bits per heavy atom. The number of hydrogen-bond acceptors (Lipinski definition) is 6. The molecule has 0 aromatic carbocycles. The van der Waals surface area contributed by atoms with Gasteiger partial charge in [0, 0.05) is 43.3 Å². The van der Waals surface area contributed by atoms with Gasteiger partial charge in [0.2, 0.25) is 5.95 Å². The van der Waals surface area contributed by atoms with E-state index in [0.717, 1.165) is 24.4 Å². The summed E-state index contributed by atoms with van der Waals surface area (Å²) in [7, 11) is 0. The zero-order chi connectivity index (χ0) is 19.5. The van der Waals surface area contributed by atoms with E-state index in [2.05, 4.69) is 24.5 Å². The van der Waals surface area contributed by atoms with Crippen molar-refractivity contribution >= 4 is 11.9 Å².